The number of rotatable bonds is 5. The highest BCUT2D eigenvalue weighted by molar-refractivity contribution is 5.92. The van der Waals surface area contributed by atoms with E-state index in [1.54, 1.807) is 23.3 Å². The second kappa shape index (κ2) is 10.2. The van der Waals surface area contributed by atoms with E-state index in [4.69, 9.17) is 4.98 Å². The van der Waals surface area contributed by atoms with E-state index in [0.29, 0.717) is 37.7 Å². The van der Waals surface area contributed by atoms with Gasteiger partial charge in [-0.15, -0.1) is 5.10 Å². The number of piperidine rings is 1. The van der Waals surface area contributed by atoms with Crippen LogP contribution in [0.15, 0.2) is 55.0 Å². The quantitative estimate of drug-likeness (QED) is 0.430. The number of fused-ring (bicyclic) bond motifs is 1. The summed E-state index contributed by atoms with van der Waals surface area (Å²) in [7, 11) is 0. The fourth-order valence-electron chi connectivity index (χ4n) is 5.43. The SMILES string of the molecule is O=C([C@H]1CC[C@H](Nc2nccc(-n3nnc4c(-c5ccncc5)cccc43)n2)CC1)N1CCC(O)CC1. The standard InChI is InChI=1S/C27H30N8O2/c36-21-11-16-34(17-12-21)26(37)19-4-6-20(7-5-19)30-27-29-15-10-24(31-27)35-23-3-1-2-22(25(23)32-33-35)18-8-13-28-14-9-18/h1-3,8-10,13-15,19-21,36H,4-7,11-12,16-17H2,(H,29,30,31)/t19-,20-. The molecule has 0 spiro atoms. The van der Waals surface area contributed by atoms with Gasteiger partial charge in [0.15, 0.2) is 5.82 Å². The lowest BCUT2D eigenvalue weighted by atomic mass is 9.85. The molecule has 1 aliphatic heterocycles. The normalized spacial score (nSPS) is 20.7. The summed E-state index contributed by atoms with van der Waals surface area (Å²) in [4.78, 5) is 28.1. The molecule has 2 aliphatic rings. The van der Waals surface area contributed by atoms with Crippen molar-refractivity contribution in [2.45, 2.75) is 50.7 Å². The average Bonchev–Trinajstić information content (AvgIpc) is 3.39. The summed E-state index contributed by atoms with van der Waals surface area (Å²) in [6.45, 7) is 1.33. The van der Waals surface area contributed by atoms with Crippen molar-refractivity contribution < 1.29 is 9.90 Å². The number of hydrogen-bond acceptors (Lipinski definition) is 8. The number of pyridine rings is 1. The number of nitrogens with one attached hydrogen (secondary N) is 1. The molecule has 4 heterocycles. The lowest BCUT2D eigenvalue weighted by Crippen LogP contribution is -2.44. The summed E-state index contributed by atoms with van der Waals surface area (Å²) < 4.78 is 1.73. The minimum absolute atomic E-state index is 0.0663. The minimum atomic E-state index is -0.265. The first-order valence-corrected chi connectivity index (χ1v) is 13.0. The van der Waals surface area contributed by atoms with Crippen LogP contribution in [-0.4, -0.2) is 71.1 Å². The second-order valence-electron chi connectivity index (χ2n) is 9.90. The minimum Gasteiger partial charge on any atom is -0.393 e. The maximum atomic E-state index is 12.9. The molecule has 10 nitrogen and oxygen atoms in total. The molecule has 2 N–H and O–H groups in total. The molecule has 1 amide bonds. The number of benzene rings is 1. The third-order valence-corrected chi connectivity index (χ3v) is 7.51. The van der Waals surface area contributed by atoms with E-state index in [-0.39, 0.29) is 24.0 Å². The topological polar surface area (TPSA) is 122 Å². The van der Waals surface area contributed by atoms with Crippen LogP contribution in [0.3, 0.4) is 0 Å². The number of nitrogens with zero attached hydrogens (tertiary/aromatic N) is 7. The molecule has 190 valence electrons. The van der Waals surface area contributed by atoms with Gasteiger partial charge in [0.05, 0.1) is 11.6 Å². The number of amides is 1. The number of carbonyl (C=O) groups is 1. The molecular formula is C27H30N8O2. The number of anilines is 1. The van der Waals surface area contributed by atoms with E-state index in [9.17, 15) is 9.90 Å². The summed E-state index contributed by atoms with van der Waals surface area (Å²) in [6.07, 6.45) is 9.84. The van der Waals surface area contributed by atoms with Crippen molar-refractivity contribution in [2.24, 2.45) is 5.92 Å². The first-order chi connectivity index (χ1) is 18.2. The van der Waals surface area contributed by atoms with Crippen LogP contribution in [-0.2, 0) is 4.79 Å². The van der Waals surface area contributed by atoms with Gasteiger partial charge in [-0.25, -0.2) is 4.98 Å². The maximum absolute atomic E-state index is 12.9. The summed E-state index contributed by atoms with van der Waals surface area (Å²) >= 11 is 0. The maximum Gasteiger partial charge on any atom is 0.225 e. The van der Waals surface area contributed by atoms with Gasteiger partial charge in [0.2, 0.25) is 11.9 Å². The van der Waals surface area contributed by atoms with Gasteiger partial charge in [-0.2, -0.15) is 9.67 Å². The van der Waals surface area contributed by atoms with Gasteiger partial charge in [0.1, 0.15) is 5.52 Å². The van der Waals surface area contributed by atoms with Crippen LogP contribution >= 0.6 is 0 Å². The van der Waals surface area contributed by atoms with Gasteiger partial charge >= 0.3 is 0 Å². The first kappa shape index (κ1) is 23.5. The second-order valence-corrected chi connectivity index (χ2v) is 9.90. The van der Waals surface area contributed by atoms with Crippen LogP contribution in [0.4, 0.5) is 5.95 Å². The smallest absolute Gasteiger partial charge is 0.225 e. The van der Waals surface area contributed by atoms with Crippen molar-refractivity contribution in [3.63, 3.8) is 0 Å². The molecule has 1 aliphatic carbocycles. The zero-order chi connectivity index (χ0) is 25.2. The van der Waals surface area contributed by atoms with Crippen molar-refractivity contribution in [3.05, 3.63) is 55.0 Å². The zero-order valence-corrected chi connectivity index (χ0v) is 20.6. The Morgan fingerprint density at radius 2 is 1.73 bits per heavy atom. The monoisotopic (exact) mass is 498 g/mol. The number of aliphatic hydroxyl groups excluding tert-OH is 1. The number of aromatic nitrogens is 6. The lowest BCUT2D eigenvalue weighted by Gasteiger charge is -2.35. The Morgan fingerprint density at radius 1 is 0.946 bits per heavy atom. The number of likely N-dealkylation sites (tertiary alicyclic amines) is 1. The average molecular weight is 499 g/mol. The van der Waals surface area contributed by atoms with E-state index in [1.165, 1.54) is 0 Å². The highest BCUT2D eigenvalue weighted by Gasteiger charge is 2.31. The Hall–Kier alpha value is -3.92. The van der Waals surface area contributed by atoms with Crippen LogP contribution in [0.1, 0.15) is 38.5 Å². The third kappa shape index (κ3) is 4.89. The molecule has 1 saturated carbocycles. The van der Waals surface area contributed by atoms with E-state index in [1.807, 2.05) is 41.3 Å². The van der Waals surface area contributed by atoms with Crippen molar-refractivity contribution in [2.75, 3.05) is 18.4 Å². The van der Waals surface area contributed by atoms with Crippen molar-refractivity contribution >= 4 is 22.9 Å². The van der Waals surface area contributed by atoms with Crippen LogP contribution < -0.4 is 5.32 Å². The van der Waals surface area contributed by atoms with Gasteiger partial charge in [0.25, 0.3) is 0 Å². The van der Waals surface area contributed by atoms with E-state index < -0.39 is 0 Å². The molecule has 1 aromatic carbocycles. The van der Waals surface area contributed by atoms with Crippen molar-refractivity contribution in [3.8, 4) is 16.9 Å². The zero-order valence-electron chi connectivity index (χ0n) is 20.6. The Kier molecular flexibility index (Phi) is 6.48. The molecule has 4 aromatic rings. The molecule has 2 fully saturated rings. The molecule has 0 unspecified atom stereocenters. The molecule has 10 heteroatoms. The van der Waals surface area contributed by atoms with Crippen molar-refractivity contribution in [1.82, 2.24) is 34.8 Å². The predicted octanol–water partition coefficient (Wildman–Crippen LogP) is 3.23. The first-order valence-electron chi connectivity index (χ1n) is 13.0. The number of hydrogen-bond donors (Lipinski definition) is 2. The molecular weight excluding hydrogens is 468 g/mol. The van der Waals surface area contributed by atoms with Crippen LogP contribution in [0.5, 0.6) is 0 Å². The summed E-state index contributed by atoms with van der Waals surface area (Å²) in [6, 6.07) is 12.0. The van der Waals surface area contributed by atoms with Gasteiger partial charge in [-0.3, -0.25) is 9.78 Å². The molecule has 3 aromatic heterocycles. The molecule has 1 saturated heterocycles. The summed E-state index contributed by atoms with van der Waals surface area (Å²) in [5, 5.41) is 22.0. The third-order valence-electron chi connectivity index (χ3n) is 7.51. The van der Waals surface area contributed by atoms with Crippen LogP contribution in [0, 0.1) is 5.92 Å². The summed E-state index contributed by atoms with van der Waals surface area (Å²) in [5.74, 6) is 1.50. The number of aliphatic hydroxyl groups is 1. The fraction of sp³-hybridized carbons (Fsp3) is 0.407. The largest absolute Gasteiger partial charge is 0.393 e. The predicted molar refractivity (Wildman–Crippen MR) is 139 cm³/mol. The Labute approximate surface area is 214 Å². The van der Waals surface area contributed by atoms with Crippen LogP contribution in [0.25, 0.3) is 28.0 Å². The summed E-state index contributed by atoms with van der Waals surface area (Å²) in [5.41, 5.74) is 3.69. The van der Waals surface area contributed by atoms with Gasteiger partial charge in [0, 0.05) is 55.3 Å². The Balaban J connectivity index is 1.13. The van der Waals surface area contributed by atoms with E-state index in [0.717, 1.165) is 47.8 Å². The number of carbonyl (C=O) groups excluding carboxylic acids is 1. The van der Waals surface area contributed by atoms with E-state index in [2.05, 4.69) is 25.6 Å². The van der Waals surface area contributed by atoms with Crippen molar-refractivity contribution in [1.29, 1.82) is 0 Å². The fourth-order valence-corrected chi connectivity index (χ4v) is 5.43. The molecule has 0 radical (unpaired) electrons. The highest BCUT2D eigenvalue weighted by Crippen LogP contribution is 2.30. The Morgan fingerprint density at radius 3 is 2.51 bits per heavy atom. The van der Waals surface area contributed by atoms with E-state index >= 15 is 0 Å². The van der Waals surface area contributed by atoms with Gasteiger partial charge in [-0.1, -0.05) is 17.3 Å². The van der Waals surface area contributed by atoms with Gasteiger partial charge < -0.3 is 15.3 Å². The molecule has 37 heavy (non-hydrogen) atoms. The van der Waals surface area contributed by atoms with Crippen LogP contribution in [0.2, 0.25) is 0 Å². The molecule has 0 atom stereocenters. The highest BCUT2D eigenvalue weighted by atomic mass is 16.3. The lowest BCUT2D eigenvalue weighted by molar-refractivity contribution is -0.138. The Bertz CT molecular complexity index is 1380. The molecule has 6 rings (SSSR count). The molecule has 0 bridgehead atoms. The van der Waals surface area contributed by atoms with Gasteiger partial charge in [-0.05, 0) is 62.3 Å².